The summed E-state index contributed by atoms with van der Waals surface area (Å²) >= 11 is 0. The van der Waals surface area contributed by atoms with Crippen molar-refractivity contribution in [3.8, 4) is 0 Å². The molecule has 0 saturated carbocycles. The van der Waals surface area contributed by atoms with Crippen LogP contribution in [0, 0.1) is 0 Å². The van der Waals surface area contributed by atoms with E-state index in [9.17, 15) is 13.5 Å². The lowest BCUT2D eigenvalue weighted by Gasteiger charge is -2.20. The standard InChI is InChI=1S/C20H36N4O3S.HI/c1-6-21-19(22-13-8-14-24-28(26,27)7-2)23-15-18(25)16-9-11-17(12-10-16)20(3,4)5;/h9-12,18,24-25H,6-8,13-15H2,1-5H3,(H2,21,22,23);1H. The van der Waals surface area contributed by atoms with E-state index in [4.69, 9.17) is 0 Å². The Hall–Kier alpha value is -0.910. The Balaban J connectivity index is 0.00000784. The summed E-state index contributed by atoms with van der Waals surface area (Å²) in [6, 6.07) is 7.98. The summed E-state index contributed by atoms with van der Waals surface area (Å²) in [5.74, 6) is 0.685. The highest BCUT2D eigenvalue weighted by molar-refractivity contribution is 14.0. The Kier molecular flexibility index (Phi) is 13.0. The quantitative estimate of drug-likeness (QED) is 0.158. The minimum atomic E-state index is -3.15. The van der Waals surface area contributed by atoms with Crippen molar-refractivity contribution in [2.24, 2.45) is 4.99 Å². The number of rotatable bonds is 10. The molecule has 0 saturated heterocycles. The summed E-state index contributed by atoms with van der Waals surface area (Å²) in [6.45, 7) is 11.9. The van der Waals surface area contributed by atoms with E-state index in [1.807, 2.05) is 31.2 Å². The molecule has 0 amide bonds. The van der Waals surface area contributed by atoms with Gasteiger partial charge >= 0.3 is 0 Å². The minimum absolute atomic E-state index is 0. The number of sulfonamides is 1. The van der Waals surface area contributed by atoms with Crippen LogP contribution < -0.4 is 15.4 Å². The molecule has 1 unspecified atom stereocenters. The maximum atomic E-state index is 11.4. The molecule has 1 aromatic carbocycles. The van der Waals surface area contributed by atoms with Crippen LogP contribution in [0.25, 0.3) is 0 Å². The lowest BCUT2D eigenvalue weighted by atomic mass is 9.86. The van der Waals surface area contributed by atoms with Crippen LogP contribution >= 0.6 is 24.0 Å². The van der Waals surface area contributed by atoms with Crippen molar-refractivity contribution in [2.45, 2.75) is 52.6 Å². The highest BCUT2D eigenvalue weighted by atomic mass is 127. The molecule has 0 aliphatic carbocycles. The Morgan fingerprint density at radius 1 is 1.10 bits per heavy atom. The van der Waals surface area contributed by atoms with E-state index >= 15 is 0 Å². The molecule has 1 atom stereocenters. The molecule has 1 rings (SSSR count). The largest absolute Gasteiger partial charge is 0.386 e. The predicted molar refractivity (Wildman–Crippen MR) is 132 cm³/mol. The lowest BCUT2D eigenvalue weighted by molar-refractivity contribution is 0.187. The molecule has 4 N–H and O–H groups in total. The highest BCUT2D eigenvalue weighted by Crippen LogP contribution is 2.24. The first kappa shape index (κ1) is 28.1. The molecule has 9 heteroatoms. The average molecular weight is 541 g/mol. The van der Waals surface area contributed by atoms with Crippen LogP contribution in [0.5, 0.6) is 0 Å². The van der Waals surface area contributed by atoms with Crippen LogP contribution in [-0.4, -0.2) is 51.4 Å². The molecule has 0 aliphatic heterocycles. The van der Waals surface area contributed by atoms with Crippen LogP contribution in [0.4, 0.5) is 0 Å². The molecule has 0 aliphatic rings. The lowest BCUT2D eigenvalue weighted by Crippen LogP contribution is -2.39. The molecule has 0 radical (unpaired) electrons. The molecular formula is C20H37IN4O3S. The van der Waals surface area contributed by atoms with E-state index in [1.54, 1.807) is 6.92 Å². The van der Waals surface area contributed by atoms with Gasteiger partial charge in [0.2, 0.25) is 10.0 Å². The van der Waals surface area contributed by atoms with E-state index in [0.717, 1.165) is 5.56 Å². The van der Waals surface area contributed by atoms with Crippen LogP contribution in [-0.2, 0) is 15.4 Å². The SMILES string of the molecule is CCNC(=NCC(O)c1ccc(C(C)(C)C)cc1)NCCCNS(=O)(=O)CC.I. The topological polar surface area (TPSA) is 103 Å². The summed E-state index contributed by atoms with van der Waals surface area (Å²) in [7, 11) is -3.15. The van der Waals surface area contributed by atoms with Gasteiger partial charge in [0.15, 0.2) is 5.96 Å². The van der Waals surface area contributed by atoms with Gasteiger partial charge in [-0.05, 0) is 36.8 Å². The van der Waals surface area contributed by atoms with Crippen molar-refractivity contribution in [3.05, 3.63) is 35.4 Å². The first-order valence-corrected chi connectivity index (χ1v) is 11.5. The van der Waals surface area contributed by atoms with E-state index < -0.39 is 16.1 Å². The Labute approximate surface area is 193 Å². The summed E-state index contributed by atoms with van der Waals surface area (Å²) in [6.07, 6.45) is -0.0404. The van der Waals surface area contributed by atoms with Gasteiger partial charge in [0.25, 0.3) is 0 Å². The number of aliphatic hydroxyl groups is 1. The number of benzene rings is 1. The van der Waals surface area contributed by atoms with E-state index in [2.05, 4.69) is 41.1 Å². The Bertz CT molecular complexity index is 716. The number of halogens is 1. The van der Waals surface area contributed by atoms with Crippen molar-refractivity contribution in [2.75, 3.05) is 31.9 Å². The van der Waals surface area contributed by atoms with Gasteiger partial charge in [-0.1, -0.05) is 45.0 Å². The summed E-state index contributed by atoms with van der Waals surface area (Å²) in [5, 5.41) is 16.7. The molecule has 0 spiro atoms. The van der Waals surface area contributed by atoms with Gasteiger partial charge in [-0.25, -0.2) is 13.1 Å². The number of hydrogen-bond donors (Lipinski definition) is 4. The number of hydrogen-bond acceptors (Lipinski definition) is 4. The second kappa shape index (κ2) is 13.4. The number of aliphatic hydroxyl groups excluding tert-OH is 1. The van der Waals surface area contributed by atoms with Crippen LogP contribution in [0.1, 0.15) is 58.3 Å². The van der Waals surface area contributed by atoms with E-state index in [-0.39, 0.29) is 41.7 Å². The van der Waals surface area contributed by atoms with Gasteiger partial charge in [-0.2, -0.15) is 0 Å². The van der Waals surface area contributed by atoms with Gasteiger partial charge in [0.05, 0.1) is 18.4 Å². The van der Waals surface area contributed by atoms with Crippen LogP contribution in [0.2, 0.25) is 0 Å². The van der Waals surface area contributed by atoms with Gasteiger partial charge in [0, 0.05) is 19.6 Å². The molecule has 0 aromatic heterocycles. The van der Waals surface area contributed by atoms with Crippen molar-refractivity contribution in [3.63, 3.8) is 0 Å². The zero-order chi connectivity index (χ0) is 21.2. The summed E-state index contributed by atoms with van der Waals surface area (Å²) in [4.78, 5) is 4.43. The normalized spacial score (nSPS) is 13.5. The fraction of sp³-hybridized carbons (Fsp3) is 0.650. The molecule has 29 heavy (non-hydrogen) atoms. The second-order valence-corrected chi connectivity index (χ2v) is 9.78. The first-order valence-electron chi connectivity index (χ1n) is 9.87. The second-order valence-electron chi connectivity index (χ2n) is 7.69. The predicted octanol–water partition coefficient (Wildman–Crippen LogP) is 2.52. The number of nitrogens with zero attached hydrogens (tertiary/aromatic N) is 1. The third-order valence-electron chi connectivity index (χ3n) is 4.28. The molecule has 0 heterocycles. The third kappa shape index (κ3) is 11.2. The summed E-state index contributed by atoms with van der Waals surface area (Å²) in [5.41, 5.74) is 2.14. The monoisotopic (exact) mass is 540 g/mol. The molecule has 0 fully saturated rings. The maximum absolute atomic E-state index is 11.4. The van der Waals surface area contributed by atoms with Gasteiger partial charge in [-0.15, -0.1) is 24.0 Å². The average Bonchev–Trinajstić information content (AvgIpc) is 2.64. The van der Waals surface area contributed by atoms with Crippen molar-refractivity contribution in [1.29, 1.82) is 0 Å². The Morgan fingerprint density at radius 3 is 2.24 bits per heavy atom. The van der Waals surface area contributed by atoms with Crippen molar-refractivity contribution in [1.82, 2.24) is 15.4 Å². The maximum Gasteiger partial charge on any atom is 0.211 e. The van der Waals surface area contributed by atoms with Crippen LogP contribution in [0.15, 0.2) is 29.3 Å². The third-order valence-corrected chi connectivity index (χ3v) is 5.68. The first-order chi connectivity index (χ1) is 13.1. The molecular weight excluding hydrogens is 503 g/mol. The minimum Gasteiger partial charge on any atom is -0.386 e. The fourth-order valence-corrected chi connectivity index (χ4v) is 3.11. The van der Waals surface area contributed by atoms with E-state index in [1.165, 1.54) is 5.56 Å². The zero-order valence-corrected chi connectivity index (χ0v) is 21.3. The fourth-order valence-electron chi connectivity index (χ4n) is 2.46. The zero-order valence-electron chi connectivity index (χ0n) is 18.2. The summed E-state index contributed by atoms with van der Waals surface area (Å²) < 4.78 is 25.3. The number of guanidine groups is 1. The van der Waals surface area contributed by atoms with Crippen molar-refractivity contribution >= 4 is 40.0 Å². The van der Waals surface area contributed by atoms with Gasteiger partial charge < -0.3 is 15.7 Å². The smallest absolute Gasteiger partial charge is 0.211 e. The highest BCUT2D eigenvalue weighted by Gasteiger charge is 2.14. The molecule has 168 valence electrons. The molecule has 7 nitrogen and oxygen atoms in total. The molecule has 0 bridgehead atoms. The Morgan fingerprint density at radius 2 is 1.72 bits per heavy atom. The van der Waals surface area contributed by atoms with Gasteiger partial charge in [0.1, 0.15) is 0 Å². The van der Waals surface area contributed by atoms with Gasteiger partial charge in [-0.3, -0.25) is 4.99 Å². The van der Waals surface area contributed by atoms with E-state index in [0.29, 0.717) is 32.0 Å². The van der Waals surface area contributed by atoms with Crippen molar-refractivity contribution < 1.29 is 13.5 Å². The van der Waals surface area contributed by atoms with Crippen LogP contribution in [0.3, 0.4) is 0 Å². The number of aliphatic imine (C=N–C) groups is 1. The number of nitrogens with one attached hydrogen (secondary N) is 3. The molecule has 1 aromatic rings.